The van der Waals surface area contributed by atoms with Crippen LogP contribution < -0.4 is 0 Å². The van der Waals surface area contributed by atoms with Crippen LogP contribution in [0.4, 0.5) is 0 Å². The Labute approximate surface area is 362 Å². The summed E-state index contributed by atoms with van der Waals surface area (Å²) >= 11 is 0. The molecule has 9 fully saturated rings. The van der Waals surface area contributed by atoms with E-state index in [4.69, 9.17) is 37.9 Å². The second-order valence-electron chi connectivity index (χ2n) is 21.2. The summed E-state index contributed by atoms with van der Waals surface area (Å²) < 4.78 is 49.8. The Morgan fingerprint density at radius 2 is 1.39 bits per heavy atom. The summed E-state index contributed by atoms with van der Waals surface area (Å²) in [6, 6.07) is 0. The molecule has 4 saturated carbocycles. The molecular formula is C44H72O18. The van der Waals surface area contributed by atoms with Crippen LogP contribution in [0.25, 0.3) is 0 Å². The highest BCUT2D eigenvalue weighted by Crippen LogP contribution is 2.72. The van der Waals surface area contributed by atoms with Gasteiger partial charge in [0, 0.05) is 11.8 Å². The van der Waals surface area contributed by atoms with Crippen molar-refractivity contribution in [3.05, 3.63) is 0 Å². The van der Waals surface area contributed by atoms with Gasteiger partial charge in [0.15, 0.2) is 24.7 Å². The third-order valence-corrected chi connectivity index (χ3v) is 18.0. The van der Waals surface area contributed by atoms with Gasteiger partial charge < -0.3 is 89.0 Å². The van der Waals surface area contributed by atoms with Crippen LogP contribution in [0.3, 0.4) is 0 Å². The number of hydrogen-bond acceptors (Lipinski definition) is 18. The van der Waals surface area contributed by atoms with Gasteiger partial charge in [0.1, 0.15) is 66.6 Å². The van der Waals surface area contributed by atoms with E-state index in [1.54, 1.807) is 0 Å². The minimum Gasteiger partial charge on any atom is -0.396 e. The maximum absolute atomic E-state index is 12.9. The average Bonchev–Trinajstić information content (AvgIpc) is 3.62. The molecule has 0 aromatic heterocycles. The Bertz CT molecular complexity index is 1570. The number of ether oxygens (including phenoxy) is 8. The molecule has 5 aliphatic heterocycles. The molecule has 5 saturated heterocycles. The minimum absolute atomic E-state index is 0.0304. The number of aliphatic hydroxyl groups is 10. The summed E-state index contributed by atoms with van der Waals surface area (Å²) in [5.74, 6) is 0.189. The van der Waals surface area contributed by atoms with Crippen LogP contribution in [0.15, 0.2) is 0 Å². The van der Waals surface area contributed by atoms with E-state index in [1.165, 1.54) is 6.92 Å². The molecule has 0 aromatic rings. The Balaban J connectivity index is 0.924. The molecule has 0 bridgehead atoms. The fourth-order valence-electron chi connectivity index (χ4n) is 14.3. The standard InChI is InChI=1S/C44H72O18/c1-19-7-12-43(56-17-19)28(16-46)44(54)29(62-43)14-25-23-6-5-21-13-22(8-10-41(21,3)24(23)9-11-42(25,44)4)58-40-37(61-39-35(53)33(51)30(48)20(2)57-39)36(32(50)27(15-45)59-40)60-38-34(52)31(49)26(47)18-55-38/h19-40,45-54H,5-18H2,1-4H3/t19-,20-,21-,22-,23+,24-,25-,26-,27-,28+,29-,30-,31+,32+,33+,34-,35+,36-,37-,38-,39-,40-,41-,42-,43-,44+/m0/s1. The van der Waals surface area contributed by atoms with Crippen molar-refractivity contribution < 1.29 is 89.0 Å². The van der Waals surface area contributed by atoms with Gasteiger partial charge in [-0.15, -0.1) is 0 Å². The number of rotatable bonds is 8. The van der Waals surface area contributed by atoms with E-state index in [2.05, 4.69) is 20.8 Å². The van der Waals surface area contributed by atoms with Gasteiger partial charge in [-0.3, -0.25) is 0 Å². The summed E-state index contributed by atoms with van der Waals surface area (Å²) in [5, 5.41) is 109. The van der Waals surface area contributed by atoms with Crippen LogP contribution in [0.1, 0.15) is 91.9 Å². The van der Waals surface area contributed by atoms with Gasteiger partial charge in [-0.25, -0.2) is 0 Å². The van der Waals surface area contributed by atoms with Crippen molar-refractivity contribution in [3.8, 4) is 0 Å². The molecule has 4 aliphatic carbocycles. The molecule has 9 aliphatic rings. The second-order valence-corrected chi connectivity index (χ2v) is 21.2. The van der Waals surface area contributed by atoms with Crippen LogP contribution in [-0.2, 0) is 37.9 Å². The lowest BCUT2D eigenvalue weighted by Crippen LogP contribution is -2.66. The van der Waals surface area contributed by atoms with Crippen LogP contribution in [0.2, 0.25) is 0 Å². The molecule has 62 heavy (non-hydrogen) atoms. The molecule has 356 valence electrons. The molecule has 0 unspecified atom stereocenters. The quantitative estimate of drug-likeness (QED) is 0.131. The molecule has 5 heterocycles. The maximum atomic E-state index is 12.9. The molecule has 0 radical (unpaired) electrons. The van der Waals surface area contributed by atoms with Gasteiger partial charge in [-0.1, -0.05) is 20.8 Å². The monoisotopic (exact) mass is 888 g/mol. The Morgan fingerprint density at radius 3 is 2.10 bits per heavy atom. The molecule has 0 amide bonds. The van der Waals surface area contributed by atoms with Crippen molar-refractivity contribution in [1.82, 2.24) is 0 Å². The molecule has 9 rings (SSSR count). The van der Waals surface area contributed by atoms with Crippen molar-refractivity contribution >= 4 is 0 Å². The van der Waals surface area contributed by atoms with Gasteiger partial charge in [-0.05, 0) is 99.7 Å². The van der Waals surface area contributed by atoms with E-state index in [0.29, 0.717) is 43.6 Å². The molecule has 26 atom stereocenters. The first-order chi connectivity index (χ1) is 29.4. The van der Waals surface area contributed by atoms with E-state index in [0.717, 1.165) is 44.9 Å². The fourth-order valence-corrected chi connectivity index (χ4v) is 14.3. The van der Waals surface area contributed by atoms with E-state index in [-0.39, 0.29) is 36.6 Å². The normalized spacial score (nSPS) is 58.9. The largest absolute Gasteiger partial charge is 0.396 e. The third kappa shape index (κ3) is 7.20. The summed E-state index contributed by atoms with van der Waals surface area (Å²) in [6.07, 6.45) is -13.4. The van der Waals surface area contributed by atoms with Gasteiger partial charge in [0.2, 0.25) is 0 Å². The average molecular weight is 889 g/mol. The zero-order valence-corrected chi connectivity index (χ0v) is 36.3. The SMILES string of the molecule is C[C@H]1CC[C@]2(OC1)O[C@H]1C[C@H]3[C@@H]4CC[C@H]5C[C@@H](O[C@H]6O[C@@H](CO)[C@@H](O)[C@H](O[C@@H]7OC[C@H](O)[C@@H](O)[C@@H]7O)[C@@H]6O[C@@H]6O[C@@H](C)[C@H](O)[C@@H](O)[C@H]6O)CC[C@]5(C)[C@H]4CC[C@]3(C)[C@@]1(O)[C@@H]2CO. The smallest absolute Gasteiger partial charge is 0.187 e. The van der Waals surface area contributed by atoms with Crippen molar-refractivity contribution in [1.29, 1.82) is 0 Å². The van der Waals surface area contributed by atoms with Crippen LogP contribution >= 0.6 is 0 Å². The minimum atomic E-state index is -1.74. The van der Waals surface area contributed by atoms with Crippen molar-refractivity contribution in [2.45, 2.75) is 202 Å². The van der Waals surface area contributed by atoms with E-state index >= 15 is 0 Å². The lowest BCUT2D eigenvalue weighted by molar-refractivity contribution is -0.391. The highest BCUT2D eigenvalue weighted by Gasteiger charge is 2.77. The third-order valence-electron chi connectivity index (χ3n) is 18.0. The Morgan fingerprint density at radius 1 is 0.645 bits per heavy atom. The molecule has 18 heteroatoms. The summed E-state index contributed by atoms with van der Waals surface area (Å²) in [4.78, 5) is 0. The number of aliphatic hydroxyl groups excluding tert-OH is 9. The lowest BCUT2D eigenvalue weighted by atomic mass is 9.44. The molecule has 18 nitrogen and oxygen atoms in total. The van der Waals surface area contributed by atoms with Crippen molar-refractivity contribution in [3.63, 3.8) is 0 Å². The fraction of sp³-hybridized carbons (Fsp3) is 1.00. The zero-order chi connectivity index (χ0) is 44.3. The van der Waals surface area contributed by atoms with Gasteiger partial charge in [0.05, 0.1) is 50.7 Å². The second kappa shape index (κ2) is 17.1. The first-order valence-electron chi connectivity index (χ1n) is 23.3. The zero-order valence-electron chi connectivity index (χ0n) is 36.3. The van der Waals surface area contributed by atoms with Crippen molar-refractivity contribution in [2.24, 2.45) is 46.3 Å². The first kappa shape index (κ1) is 46.4. The topological polar surface area (TPSA) is 276 Å². The van der Waals surface area contributed by atoms with Crippen LogP contribution in [0, 0.1) is 46.3 Å². The number of hydrogen-bond donors (Lipinski definition) is 10. The van der Waals surface area contributed by atoms with Crippen LogP contribution in [-0.4, -0.2) is 187 Å². The first-order valence-corrected chi connectivity index (χ1v) is 23.3. The predicted molar refractivity (Wildman–Crippen MR) is 211 cm³/mol. The summed E-state index contributed by atoms with van der Waals surface area (Å²) in [7, 11) is 0. The van der Waals surface area contributed by atoms with Crippen LogP contribution in [0.5, 0.6) is 0 Å². The summed E-state index contributed by atoms with van der Waals surface area (Å²) in [5.41, 5.74) is -1.67. The molecule has 10 N–H and O–H groups in total. The Kier molecular flexibility index (Phi) is 12.8. The predicted octanol–water partition coefficient (Wildman–Crippen LogP) is -0.980. The maximum Gasteiger partial charge on any atom is 0.187 e. The Hall–Kier alpha value is -0.720. The summed E-state index contributed by atoms with van der Waals surface area (Å²) in [6.45, 7) is 7.58. The van der Waals surface area contributed by atoms with E-state index < -0.39 is 121 Å². The van der Waals surface area contributed by atoms with Gasteiger partial charge in [0.25, 0.3) is 0 Å². The molecular weight excluding hydrogens is 816 g/mol. The van der Waals surface area contributed by atoms with E-state index in [9.17, 15) is 51.1 Å². The van der Waals surface area contributed by atoms with E-state index in [1.807, 2.05) is 0 Å². The molecule has 0 aromatic carbocycles. The lowest BCUT2D eigenvalue weighted by Gasteiger charge is -2.62. The van der Waals surface area contributed by atoms with Crippen molar-refractivity contribution in [2.75, 3.05) is 26.4 Å². The molecule has 1 spiro atoms. The van der Waals surface area contributed by atoms with Gasteiger partial charge >= 0.3 is 0 Å². The number of fused-ring (bicyclic) bond motifs is 7. The van der Waals surface area contributed by atoms with Gasteiger partial charge in [-0.2, -0.15) is 0 Å². The highest BCUT2D eigenvalue weighted by atomic mass is 16.8. The highest BCUT2D eigenvalue weighted by molar-refractivity contribution is 5.24.